The molecule has 0 aliphatic carbocycles. The molecule has 0 bridgehead atoms. The van der Waals surface area contributed by atoms with E-state index < -0.39 is 48.1 Å². The Balaban J connectivity index is 2.21. The molecule has 4 atom stereocenters. The summed E-state index contributed by atoms with van der Waals surface area (Å²) in [4.78, 5) is 31.8. The number of hydrogen-bond donors (Lipinski definition) is 4. The molecule has 0 aromatic heterocycles. The topological polar surface area (TPSA) is 192 Å². The zero-order chi connectivity index (χ0) is 28.8. The molecule has 1 heterocycles. The van der Waals surface area contributed by atoms with E-state index in [0.29, 0.717) is 24.3 Å². The van der Waals surface area contributed by atoms with Crippen molar-refractivity contribution in [2.75, 3.05) is 25.5 Å². The quantitative estimate of drug-likeness (QED) is 0.201. The molecule has 1 saturated heterocycles. The van der Waals surface area contributed by atoms with E-state index in [-0.39, 0.29) is 30.4 Å². The van der Waals surface area contributed by atoms with Crippen LogP contribution >= 0.6 is 7.82 Å². The average Bonchev–Trinajstić information content (AvgIpc) is 3.37. The van der Waals surface area contributed by atoms with Gasteiger partial charge in [-0.15, -0.1) is 0 Å². The van der Waals surface area contributed by atoms with Gasteiger partial charge in [-0.25, -0.2) is 17.8 Å². The smallest absolute Gasteiger partial charge is 0.443 e. The maximum atomic E-state index is 14.1. The molecule has 14 heteroatoms. The number of nitrogens with two attached hydrogens (primary N) is 2. The average molecular weight is 586 g/mol. The highest BCUT2D eigenvalue weighted by Gasteiger charge is 2.49. The molecular weight excluding hydrogens is 549 g/mol. The minimum Gasteiger partial charge on any atom is -0.443 e. The van der Waals surface area contributed by atoms with Crippen LogP contribution in [0.3, 0.4) is 0 Å². The van der Waals surface area contributed by atoms with E-state index in [1.54, 1.807) is 30.3 Å². The highest BCUT2D eigenvalue weighted by Crippen LogP contribution is 2.43. The van der Waals surface area contributed by atoms with Gasteiger partial charge in [0.15, 0.2) is 0 Å². The highest BCUT2D eigenvalue weighted by atomic mass is 32.2. The molecule has 12 nitrogen and oxygen atoms in total. The van der Waals surface area contributed by atoms with Crippen molar-refractivity contribution in [1.82, 2.24) is 4.31 Å². The lowest BCUT2D eigenvalue weighted by atomic mass is 9.88. The van der Waals surface area contributed by atoms with Crippen molar-refractivity contribution in [3.63, 3.8) is 0 Å². The Morgan fingerprint density at radius 2 is 1.79 bits per heavy atom. The second kappa shape index (κ2) is 13.2. The largest absolute Gasteiger partial charge is 0.470 e. The van der Waals surface area contributed by atoms with E-state index in [4.69, 9.17) is 25.5 Å². The monoisotopic (exact) mass is 585 g/mol. The predicted molar refractivity (Wildman–Crippen MR) is 144 cm³/mol. The number of hydrogen-bond acceptors (Lipinski definition) is 8. The number of phosphoric acid groups is 1. The molecule has 0 radical (unpaired) electrons. The van der Waals surface area contributed by atoms with Crippen molar-refractivity contribution in [1.29, 1.82) is 0 Å². The highest BCUT2D eigenvalue weighted by molar-refractivity contribution is 7.89. The molecule has 0 spiro atoms. The van der Waals surface area contributed by atoms with Crippen LogP contribution in [0.2, 0.25) is 0 Å². The Kier molecular flexibility index (Phi) is 10.5. The number of nitrogens with zero attached hydrogens (tertiary/aromatic N) is 1. The van der Waals surface area contributed by atoms with Crippen molar-refractivity contribution in [2.45, 2.75) is 49.8 Å². The van der Waals surface area contributed by atoms with Crippen LogP contribution in [0.5, 0.6) is 0 Å². The summed E-state index contributed by atoms with van der Waals surface area (Å²) in [6, 6.07) is 13.2. The maximum Gasteiger partial charge on any atom is 0.470 e. The standard InChI is InChI=1S/C25H36N3O9PS/c1-17(2)15-28(39(33,34)21-10-8-20(26)9-11-21)23(19-12-13-35-16-19)24(37-38(30,31)32)22(36-25(27)29)14-18-6-4-3-5-7-18/h3-11,17,19,22-24H,12-16,26H2,1-2H3,(H2,27,29)(H2,30,31,32)/t19?,22-,23-,24-/m0/s1. The van der Waals surface area contributed by atoms with Gasteiger partial charge in [0.1, 0.15) is 12.2 Å². The molecule has 1 aliphatic heterocycles. The fraction of sp³-hybridized carbons (Fsp3) is 0.480. The third-order valence-electron chi connectivity index (χ3n) is 6.32. The Labute approximate surface area is 228 Å². The van der Waals surface area contributed by atoms with Gasteiger partial charge in [0.25, 0.3) is 0 Å². The van der Waals surface area contributed by atoms with Crippen molar-refractivity contribution in [3.8, 4) is 0 Å². The lowest BCUT2D eigenvalue weighted by molar-refractivity contribution is -0.0423. The molecule has 3 rings (SSSR count). The Hall–Kier alpha value is -2.51. The molecule has 1 aliphatic rings. The number of ether oxygens (including phenoxy) is 2. The number of phosphoric ester groups is 1. The van der Waals surface area contributed by atoms with E-state index in [1.165, 1.54) is 28.6 Å². The zero-order valence-corrected chi connectivity index (χ0v) is 23.5. The number of amides is 1. The van der Waals surface area contributed by atoms with Gasteiger partial charge in [0.05, 0.1) is 17.5 Å². The van der Waals surface area contributed by atoms with Crippen LogP contribution < -0.4 is 11.5 Å². The minimum atomic E-state index is -5.23. The lowest BCUT2D eigenvalue weighted by Gasteiger charge is -2.42. The normalized spacial score (nSPS) is 18.7. The third kappa shape index (κ3) is 8.74. The molecule has 2 aromatic carbocycles. The molecule has 1 unspecified atom stereocenters. The molecule has 216 valence electrons. The summed E-state index contributed by atoms with van der Waals surface area (Å²) in [5.74, 6) is -0.739. The number of carbonyl (C=O) groups excluding carboxylic acids is 1. The summed E-state index contributed by atoms with van der Waals surface area (Å²) in [5, 5.41) is 0. The second-order valence-electron chi connectivity index (χ2n) is 9.88. The maximum absolute atomic E-state index is 14.1. The first-order valence-corrected chi connectivity index (χ1v) is 15.4. The van der Waals surface area contributed by atoms with Gasteiger partial charge < -0.3 is 30.7 Å². The van der Waals surface area contributed by atoms with E-state index in [2.05, 4.69) is 0 Å². The Morgan fingerprint density at radius 3 is 2.31 bits per heavy atom. The molecule has 1 amide bonds. The summed E-state index contributed by atoms with van der Waals surface area (Å²) in [5.41, 5.74) is 12.2. The zero-order valence-electron chi connectivity index (χ0n) is 21.8. The number of benzene rings is 2. The molecule has 0 saturated carbocycles. The molecule has 39 heavy (non-hydrogen) atoms. The van der Waals surface area contributed by atoms with Gasteiger partial charge in [-0.3, -0.25) is 4.52 Å². The SMILES string of the molecule is CC(C)CN([C@@H](C1CCOC1)[C@@H](OP(=O)(O)O)[C@H](Cc1ccccc1)OC(N)=O)S(=O)(=O)c1ccc(N)cc1. The fourth-order valence-corrected chi connectivity index (χ4v) is 7.17. The van der Waals surface area contributed by atoms with Gasteiger partial charge in [-0.05, 0) is 42.2 Å². The van der Waals surface area contributed by atoms with Gasteiger partial charge in [-0.2, -0.15) is 4.31 Å². The first kappa shape index (κ1) is 31.0. The van der Waals surface area contributed by atoms with Crippen molar-refractivity contribution < 1.29 is 41.6 Å². The van der Waals surface area contributed by atoms with E-state index in [0.717, 1.165) is 0 Å². The number of sulfonamides is 1. The second-order valence-corrected chi connectivity index (χ2v) is 13.0. The van der Waals surface area contributed by atoms with Crippen LogP contribution in [0.15, 0.2) is 59.5 Å². The lowest BCUT2D eigenvalue weighted by Crippen LogP contribution is -2.57. The Morgan fingerprint density at radius 1 is 1.15 bits per heavy atom. The van der Waals surface area contributed by atoms with E-state index >= 15 is 0 Å². The van der Waals surface area contributed by atoms with Crippen LogP contribution in [-0.2, 0) is 35.0 Å². The summed E-state index contributed by atoms with van der Waals surface area (Å²) in [6.07, 6.45) is -3.82. The van der Waals surface area contributed by atoms with Crippen molar-refractivity contribution >= 4 is 29.6 Å². The van der Waals surface area contributed by atoms with E-state index in [1.807, 2.05) is 13.8 Å². The first-order valence-electron chi connectivity index (χ1n) is 12.5. The van der Waals surface area contributed by atoms with Crippen LogP contribution in [0.25, 0.3) is 0 Å². The molecule has 2 aromatic rings. The van der Waals surface area contributed by atoms with Crippen molar-refractivity contribution in [3.05, 3.63) is 60.2 Å². The fourth-order valence-electron chi connectivity index (χ4n) is 4.73. The van der Waals surface area contributed by atoms with Crippen LogP contribution in [0, 0.1) is 11.8 Å². The van der Waals surface area contributed by atoms with Crippen LogP contribution in [0.1, 0.15) is 25.8 Å². The van der Waals surface area contributed by atoms with E-state index in [9.17, 15) is 27.6 Å². The number of anilines is 1. The summed E-state index contributed by atoms with van der Waals surface area (Å²) in [7, 11) is -9.50. The summed E-state index contributed by atoms with van der Waals surface area (Å²) in [6.45, 7) is 4.01. The number of primary amides is 1. The Bertz CT molecular complexity index is 1230. The van der Waals surface area contributed by atoms with Crippen LogP contribution in [-0.4, -0.2) is 66.6 Å². The molecule has 1 fully saturated rings. The molecule has 6 N–H and O–H groups in total. The first-order chi connectivity index (χ1) is 18.3. The van der Waals surface area contributed by atoms with Gasteiger partial charge >= 0.3 is 13.9 Å². The predicted octanol–water partition coefficient (Wildman–Crippen LogP) is 2.51. The number of nitrogen functional groups attached to an aromatic ring is 1. The molecular formula is C25H36N3O9PS. The summed E-state index contributed by atoms with van der Waals surface area (Å²) < 4.78 is 58.0. The minimum absolute atomic E-state index is 0.0243. The van der Waals surface area contributed by atoms with Gasteiger partial charge in [0, 0.05) is 31.2 Å². The summed E-state index contributed by atoms with van der Waals surface area (Å²) >= 11 is 0. The number of carbonyl (C=O) groups is 1. The van der Waals surface area contributed by atoms with Crippen molar-refractivity contribution in [2.24, 2.45) is 17.6 Å². The third-order valence-corrected chi connectivity index (χ3v) is 8.72. The van der Waals surface area contributed by atoms with Gasteiger partial charge in [-0.1, -0.05) is 44.2 Å². The van der Waals surface area contributed by atoms with Gasteiger partial charge in [0.2, 0.25) is 10.0 Å². The number of rotatable bonds is 13. The van der Waals surface area contributed by atoms with Crippen LogP contribution in [0.4, 0.5) is 10.5 Å².